The van der Waals surface area contributed by atoms with Crippen molar-refractivity contribution >= 4 is 28.3 Å². The highest BCUT2D eigenvalue weighted by atomic mass is 19.4. The number of rotatable bonds is 3. The third-order valence-corrected chi connectivity index (χ3v) is 5.08. The number of benzene rings is 1. The number of carbonyl (C=O) groups is 1. The molecule has 11 heteroatoms. The van der Waals surface area contributed by atoms with Crippen molar-refractivity contribution in [1.29, 1.82) is 0 Å². The summed E-state index contributed by atoms with van der Waals surface area (Å²) < 4.78 is 33.7. The topological polar surface area (TPSA) is 96.5 Å². The summed E-state index contributed by atoms with van der Waals surface area (Å²) in [6.07, 6.45) is 0.620. The van der Waals surface area contributed by atoms with Crippen LogP contribution in [0.1, 0.15) is 0 Å². The molecular weight excluding hydrogens is 461 g/mol. The van der Waals surface area contributed by atoms with Crippen LogP contribution in [0.3, 0.4) is 0 Å². The highest BCUT2D eigenvalue weighted by Crippen LogP contribution is 2.28. The first-order valence-electron chi connectivity index (χ1n) is 10.3. The van der Waals surface area contributed by atoms with Gasteiger partial charge in [0.1, 0.15) is 5.82 Å². The van der Waals surface area contributed by atoms with Gasteiger partial charge in [0.05, 0.1) is 5.52 Å². The summed E-state index contributed by atoms with van der Waals surface area (Å²) in [6.45, 7) is 0. The van der Waals surface area contributed by atoms with E-state index in [1.54, 1.807) is 0 Å². The summed E-state index contributed by atoms with van der Waals surface area (Å²) in [7, 11) is 3.96. The zero-order chi connectivity index (χ0) is 25.2. The maximum atomic E-state index is 10.6. The van der Waals surface area contributed by atoms with Crippen LogP contribution in [0.15, 0.2) is 73.2 Å². The van der Waals surface area contributed by atoms with E-state index < -0.39 is 12.1 Å². The summed E-state index contributed by atoms with van der Waals surface area (Å²) in [6, 6.07) is 18.2. The molecule has 0 unspecified atom stereocenters. The average molecular weight is 480 g/mol. The summed E-state index contributed by atoms with van der Waals surface area (Å²) in [5.74, 6) is -1.02. The van der Waals surface area contributed by atoms with E-state index in [4.69, 9.17) is 9.90 Å². The quantitative estimate of drug-likeness (QED) is 0.400. The SMILES string of the molecule is CN(C)c1ccc(-c2ccn3c(-c4ccnc5ccccc45)nnc3c2)cn1.O=C(O)C(F)(F)F. The maximum Gasteiger partial charge on any atom is 0.490 e. The maximum absolute atomic E-state index is 10.6. The number of para-hydroxylation sites is 1. The molecule has 0 aliphatic carbocycles. The fourth-order valence-electron chi connectivity index (χ4n) is 3.37. The van der Waals surface area contributed by atoms with Crippen LogP contribution in [0.2, 0.25) is 0 Å². The average Bonchev–Trinajstić information content (AvgIpc) is 3.26. The van der Waals surface area contributed by atoms with Crippen LogP contribution in [-0.2, 0) is 4.79 Å². The van der Waals surface area contributed by atoms with Gasteiger partial charge in [0.15, 0.2) is 11.5 Å². The molecular formula is C24H19F3N6O2. The van der Waals surface area contributed by atoms with Gasteiger partial charge in [-0.3, -0.25) is 9.38 Å². The minimum absolute atomic E-state index is 0.796. The zero-order valence-electron chi connectivity index (χ0n) is 18.6. The van der Waals surface area contributed by atoms with Gasteiger partial charge in [0, 0.05) is 49.2 Å². The molecule has 5 aromatic rings. The Hall–Kier alpha value is -4.54. The summed E-state index contributed by atoms with van der Waals surface area (Å²) in [4.78, 5) is 19.8. The van der Waals surface area contributed by atoms with Crippen LogP contribution in [0.5, 0.6) is 0 Å². The first kappa shape index (κ1) is 23.6. The van der Waals surface area contributed by atoms with Crippen molar-refractivity contribution in [2.45, 2.75) is 6.18 Å². The fraction of sp³-hybridized carbons (Fsp3) is 0.125. The molecule has 4 heterocycles. The number of hydrogen-bond acceptors (Lipinski definition) is 6. The van der Waals surface area contributed by atoms with E-state index in [2.05, 4.69) is 38.4 Å². The van der Waals surface area contributed by atoms with Crippen LogP contribution in [0.25, 0.3) is 39.1 Å². The highest BCUT2D eigenvalue weighted by Gasteiger charge is 2.38. The Labute approximate surface area is 197 Å². The number of halogens is 3. The Morgan fingerprint density at radius 1 is 0.971 bits per heavy atom. The monoisotopic (exact) mass is 480 g/mol. The molecule has 0 amide bonds. The number of aromatic nitrogens is 5. The molecule has 35 heavy (non-hydrogen) atoms. The number of nitrogens with zero attached hydrogens (tertiary/aromatic N) is 6. The van der Waals surface area contributed by atoms with Crippen molar-refractivity contribution in [2.24, 2.45) is 0 Å². The normalized spacial score (nSPS) is 11.2. The molecule has 0 aliphatic heterocycles. The van der Waals surface area contributed by atoms with Crippen molar-refractivity contribution < 1.29 is 23.1 Å². The molecule has 0 saturated heterocycles. The molecule has 1 aromatic carbocycles. The second-order valence-corrected chi connectivity index (χ2v) is 7.65. The van der Waals surface area contributed by atoms with Gasteiger partial charge < -0.3 is 10.0 Å². The summed E-state index contributed by atoms with van der Waals surface area (Å²) in [5.41, 5.74) is 4.87. The van der Waals surface area contributed by atoms with E-state index in [1.807, 2.05) is 78.4 Å². The molecule has 5 rings (SSSR count). The largest absolute Gasteiger partial charge is 0.490 e. The third-order valence-electron chi connectivity index (χ3n) is 5.08. The number of carboxylic acid groups (broad SMARTS) is 1. The Morgan fingerprint density at radius 2 is 1.71 bits per heavy atom. The molecule has 4 aromatic heterocycles. The van der Waals surface area contributed by atoms with Crippen LogP contribution in [0.4, 0.5) is 19.0 Å². The second-order valence-electron chi connectivity index (χ2n) is 7.65. The van der Waals surface area contributed by atoms with Gasteiger partial charge in [-0.2, -0.15) is 13.2 Å². The fourth-order valence-corrected chi connectivity index (χ4v) is 3.37. The predicted molar refractivity (Wildman–Crippen MR) is 125 cm³/mol. The highest BCUT2D eigenvalue weighted by molar-refractivity contribution is 5.92. The first-order valence-corrected chi connectivity index (χ1v) is 10.3. The van der Waals surface area contributed by atoms with Crippen LogP contribution in [-0.4, -0.2) is 55.9 Å². The van der Waals surface area contributed by atoms with Crippen LogP contribution < -0.4 is 4.90 Å². The van der Waals surface area contributed by atoms with Gasteiger partial charge in [0.2, 0.25) is 0 Å². The minimum Gasteiger partial charge on any atom is -0.475 e. The van der Waals surface area contributed by atoms with Gasteiger partial charge in [-0.1, -0.05) is 18.2 Å². The van der Waals surface area contributed by atoms with Gasteiger partial charge in [-0.15, -0.1) is 10.2 Å². The number of pyridine rings is 3. The summed E-state index contributed by atoms with van der Waals surface area (Å²) >= 11 is 0. The predicted octanol–water partition coefficient (Wildman–Crippen LogP) is 4.71. The molecule has 0 bridgehead atoms. The standard InChI is InChI=1S/C22H18N6.C2HF3O2/c1-27(2)20-8-7-16(14-24-20)15-10-12-28-21(13-15)25-26-22(28)18-9-11-23-19-6-4-3-5-17(18)19;3-2(4,5)1(6)7/h3-14H,1-2H3;(H,6,7). The van der Waals surface area contributed by atoms with E-state index in [0.29, 0.717) is 0 Å². The second kappa shape index (κ2) is 9.37. The van der Waals surface area contributed by atoms with Crippen molar-refractivity contribution in [3.8, 4) is 22.5 Å². The number of aliphatic carboxylic acids is 1. The van der Waals surface area contributed by atoms with Gasteiger partial charge in [0.25, 0.3) is 0 Å². The van der Waals surface area contributed by atoms with Gasteiger partial charge in [-0.05, 0) is 42.0 Å². The van der Waals surface area contributed by atoms with Crippen molar-refractivity contribution in [2.75, 3.05) is 19.0 Å². The molecule has 0 saturated carbocycles. The number of carboxylic acids is 1. The molecule has 1 N–H and O–H groups in total. The van der Waals surface area contributed by atoms with Crippen molar-refractivity contribution in [3.63, 3.8) is 0 Å². The first-order chi connectivity index (χ1) is 16.6. The van der Waals surface area contributed by atoms with Crippen molar-refractivity contribution in [1.82, 2.24) is 24.6 Å². The molecule has 0 atom stereocenters. The summed E-state index contributed by atoms with van der Waals surface area (Å²) in [5, 5.41) is 17.0. The number of hydrogen-bond donors (Lipinski definition) is 1. The lowest BCUT2D eigenvalue weighted by molar-refractivity contribution is -0.192. The molecule has 0 spiro atoms. The zero-order valence-corrected chi connectivity index (χ0v) is 18.6. The smallest absolute Gasteiger partial charge is 0.475 e. The van der Waals surface area contributed by atoms with E-state index in [9.17, 15) is 13.2 Å². The Bertz CT molecular complexity index is 1490. The number of anilines is 1. The molecule has 178 valence electrons. The van der Waals surface area contributed by atoms with Crippen LogP contribution >= 0.6 is 0 Å². The lowest BCUT2D eigenvalue weighted by Crippen LogP contribution is -2.21. The van der Waals surface area contributed by atoms with E-state index in [1.165, 1.54) is 0 Å². The Kier molecular flexibility index (Phi) is 6.32. The lowest BCUT2D eigenvalue weighted by Gasteiger charge is -2.11. The van der Waals surface area contributed by atoms with E-state index >= 15 is 0 Å². The van der Waals surface area contributed by atoms with Gasteiger partial charge in [-0.25, -0.2) is 9.78 Å². The van der Waals surface area contributed by atoms with Crippen molar-refractivity contribution in [3.05, 3.63) is 73.2 Å². The number of alkyl halides is 3. The minimum atomic E-state index is -5.08. The van der Waals surface area contributed by atoms with E-state index in [0.717, 1.165) is 44.9 Å². The molecule has 0 aliphatic rings. The number of fused-ring (bicyclic) bond motifs is 2. The molecule has 8 nitrogen and oxygen atoms in total. The Morgan fingerprint density at radius 3 is 2.37 bits per heavy atom. The lowest BCUT2D eigenvalue weighted by atomic mass is 10.1. The molecule has 0 fully saturated rings. The van der Waals surface area contributed by atoms with Gasteiger partial charge >= 0.3 is 12.1 Å². The van der Waals surface area contributed by atoms with Crippen LogP contribution in [0, 0.1) is 0 Å². The third kappa shape index (κ3) is 5.03. The Balaban J connectivity index is 0.000000364. The molecule has 0 radical (unpaired) electrons. The van der Waals surface area contributed by atoms with E-state index in [-0.39, 0.29) is 0 Å².